The molecule has 3 N–H and O–H groups in total. The van der Waals surface area contributed by atoms with E-state index in [2.05, 4.69) is 5.32 Å². The number of piperidine rings is 1. The third-order valence-electron chi connectivity index (χ3n) is 4.16. The summed E-state index contributed by atoms with van der Waals surface area (Å²) in [4.78, 5) is 35.7. The van der Waals surface area contributed by atoms with E-state index < -0.39 is 29.7 Å². The first kappa shape index (κ1) is 18.0. The third-order valence-corrected chi connectivity index (χ3v) is 4.16. The average molecular weight is 364 g/mol. The van der Waals surface area contributed by atoms with Crippen molar-refractivity contribution in [3.63, 3.8) is 0 Å². The van der Waals surface area contributed by atoms with E-state index >= 15 is 0 Å². The predicted octanol–water partition coefficient (Wildman–Crippen LogP) is -0.0150. The molecule has 136 valence electrons. The van der Waals surface area contributed by atoms with Gasteiger partial charge in [0.05, 0.1) is 11.5 Å². The molecule has 8 nitrogen and oxygen atoms in total. The van der Waals surface area contributed by atoms with Gasteiger partial charge in [-0.2, -0.15) is 4.57 Å². The number of aromatic nitrogens is 1. The molecule has 1 aliphatic heterocycles. The molecule has 2 aromatic rings. The number of imide groups is 1. The second-order valence-corrected chi connectivity index (χ2v) is 5.92. The molecule has 0 spiro atoms. The maximum Gasteiger partial charge on any atom is 0.296 e. The first-order valence-electron chi connectivity index (χ1n) is 8.10. The summed E-state index contributed by atoms with van der Waals surface area (Å²) in [5.74, 6) is -0.402. The number of nitrogens with zero attached hydrogens (tertiary/aromatic N) is 2. The van der Waals surface area contributed by atoms with Crippen molar-refractivity contribution < 1.29 is 23.7 Å². The predicted molar refractivity (Wildman–Crippen MR) is 94.6 cm³/mol. The van der Waals surface area contributed by atoms with Crippen LogP contribution in [0.25, 0.3) is 5.41 Å². The van der Waals surface area contributed by atoms with Crippen LogP contribution in [-0.4, -0.2) is 30.2 Å². The zero-order valence-corrected chi connectivity index (χ0v) is 14.2. The van der Waals surface area contributed by atoms with Gasteiger partial charge in [0.2, 0.25) is 6.04 Å². The first-order valence-corrected chi connectivity index (χ1v) is 8.10. The minimum atomic E-state index is -0.829. The molecule has 1 fully saturated rings. The molecule has 0 aliphatic carbocycles. The topological polar surface area (TPSA) is 125 Å². The number of pyridine rings is 1. The molecule has 2 unspecified atom stereocenters. The molecular formula is C19H16N4O4. The van der Waals surface area contributed by atoms with E-state index in [0.29, 0.717) is 11.3 Å². The van der Waals surface area contributed by atoms with Crippen LogP contribution in [0.1, 0.15) is 17.5 Å². The minimum absolute atomic E-state index is 0.0806. The molecule has 27 heavy (non-hydrogen) atoms. The van der Waals surface area contributed by atoms with Gasteiger partial charge in [-0.15, -0.1) is 0 Å². The molecule has 2 atom stereocenters. The van der Waals surface area contributed by atoms with Crippen molar-refractivity contribution in [2.24, 2.45) is 5.73 Å². The molecular weight excluding hydrogens is 348 g/mol. The number of carbonyl (C=O) groups excluding carboxylic acids is 3. The highest BCUT2D eigenvalue weighted by Gasteiger charge is 2.46. The fraction of sp³-hybridized carbons (Fsp3) is 0.158. The van der Waals surface area contributed by atoms with Crippen molar-refractivity contribution >= 4 is 23.6 Å². The van der Waals surface area contributed by atoms with Crippen molar-refractivity contribution in [1.29, 1.82) is 0 Å². The largest absolute Gasteiger partial charge is 0.763 e. The summed E-state index contributed by atoms with van der Waals surface area (Å²) in [5, 5.41) is 11.8. The van der Waals surface area contributed by atoms with E-state index in [1.54, 1.807) is 59.4 Å². The zero-order valence-electron chi connectivity index (χ0n) is 14.2. The Morgan fingerprint density at radius 2 is 1.96 bits per heavy atom. The van der Waals surface area contributed by atoms with Crippen LogP contribution >= 0.6 is 0 Å². The number of primary amides is 1. The Labute approximate surface area is 154 Å². The molecule has 3 amide bonds. The van der Waals surface area contributed by atoms with Crippen LogP contribution in [0.5, 0.6) is 5.75 Å². The summed E-state index contributed by atoms with van der Waals surface area (Å²) in [6.07, 6.45) is 3.38. The number of benzene rings is 1. The molecule has 0 radical (unpaired) electrons. The standard InChI is InChI=1S/C19H16N4O4/c20-10-14-16(12-5-4-6-13(9-12)27-11-15(21)24)17(19(26)22-18(14)25)23-7-2-1-3-8-23/h1-9,16-17H,11H2,(H2,21,24)(H,22,25,26). The monoisotopic (exact) mass is 364 g/mol. The molecule has 8 heteroatoms. The van der Waals surface area contributed by atoms with Crippen LogP contribution in [-0.2, 0) is 14.4 Å². The number of rotatable bonds is 5. The highest BCUT2D eigenvalue weighted by molar-refractivity contribution is 6.14. The maximum absolute atomic E-state index is 12.6. The summed E-state index contributed by atoms with van der Waals surface area (Å²) in [6, 6.07) is 11.0. The third kappa shape index (κ3) is 3.75. The van der Waals surface area contributed by atoms with E-state index in [-0.39, 0.29) is 12.2 Å². The molecule has 2 heterocycles. The summed E-state index contributed by atoms with van der Waals surface area (Å²) in [5.41, 5.74) is 5.55. The smallest absolute Gasteiger partial charge is 0.296 e. The Balaban J connectivity index is 2.08. The van der Waals surface area contributed by atoms with Gasteiger partial charge in [-0.25, -0.2) is 0 Å². The summed E-state index contributed by atoms with van der Waals surface area (Å²) in [6.45, 7) is -0.306. The van der Waals surface area contributed by atoms with Gasteiger partial charge < -0.3 is 15.9 Å². The van der Waals surface area contributed by atoms with Gasteiger partial charge in [0.1, 0.15) is 5.75 Å². The zero-order chi connectivity index (χ0) is 19.4. The van der Waals surface area contributed by atoms with Crippen LogP contribution in [0.2, 0.25) is 0 Å². The van der Waals surface area contributed by atoms with Crippen LogP contribution < -0.4 is 20.4 Å². The lowest BCUT2D eigenvalue weighted by atomic mass is 9.81. The fourth-order valence-corrected chi connectivity index (χ4v) is 3.03. The van der Waals surface area contributed by atoms with Crippen molar-refractivity contribution in [1.82, 2.24) is 5.32 Å². The SMILES string of the molecule is [N-]=C=C1C(=O)NC(=O)C([n+]2ccccc2)C1c1cccc(OCC(N)=O)c1. The molecule has 1 aromatic heterocycles. The Kier molecular flexibility index (Phi) is 5.10. The first-order chi connectivity index (χ1) is 13.0. The summed E-state index contributed by atoms with van der Waals surface area (Å²) < 4.78 is 6.94. The Morgan fingerprint density at radius 1 is 1.22 bits per heavy atom. The quantitative estimate of drug-likeness (QED) is 0.335. The number of ether oxygens (including phenoxy) is 1. The van der Waals surface area contributed by atoms with E-state index in [9.17, 15) is 19.8 Å². The normalized spacial score (nSPS) is 19.2. The molecule has 1 aliphatic rings. The van der Waals surface area contributed by atoms with Crippen LogP contribution in [0, 0.1) is 0 Å². The van der Waals surface area contributed by atoms with Crippen LogP contribution in [0.15, 0.2) is 60.4 Å². The van der Waals surface area contributed by atoms with Crippen molar-refractivity contribution in [2.45, 2.75) is 12.0 Å². The number of nitrogens with two attached hydrogens (primary N) is 1. The molecule has 0 bridgehead atoms. The van der Waals surface area contributed by atoms with Gasteiger partial charge in [0.15, 0.2) is 19.0 Å². The van der Waals surface area contributed by atoms with Crippen molar-refractivity contribution in [2.75, 3.05) is 6.61 Å². The Morgan fingerprint density at radius 3 is 2.63 bits per heavy atom. The lowest BCUT2D eigenvalue weighted by Crippen LogP contribution is -2.57. The molecule has 3 rings (SSSR count). The molecule has 0 saturated carbocycles. The minimum Gasteiger partial charge on any atom is -0.763 e. The summed E-state index contributed by atoms with van der Waals surface area (Å²) in [7, 11) is 0. The molecule has 1 aromatic carbocycles. The Bertz CT molecular complexity index is 951. The van der Waals surface area contributed by atoms with Gasteiger partial charge in [0, 0.05) is 12.1 Å². The number of amides is 3. The van der Waals surface area contributed by atoms with Gasteiger partial charge >= 0.3 is 0 Å². The maximum atomic E-state index is 12.6. The van der Waals surface area contributed by atoms with E-state index in [0.717, 1.165) is 0 Å². The van der Waals surface area contributed by atoms with E-state index in [4.69, 9.17) is 10.5 Å². The highest BCUT2D eigenvalue weighted by Crippen LogP contribution is 2.36. The van der Waals surface area contributed by atoms with Crippen molar-refractivity contribution in [3.8, 4) is 5.75 Å². The lowest BCUT2D eigenvalue weighted by Gasteiger charge is -2.28. The van der Waals surface area contributed by atoms with E-state index in [1.807, 2.05) is 5.87 Å². The fourth-order valence-electron chi connectivity index (χ4n) is 3.03. The van der Waals surface area contributed by atoms with Crippen LogP contribution in [0.3, 0.4) is 0 Å². The van der Waals surface area contributed by atoms with Gasteiger partial charge in [-0.1, -0.05) is 18.2 Å². The number of nitrogens with one attached hydrogen (secondary N) is 1. The second kappa shape index (κ2) is 7.63. The second-order valence-electron chi connectivity index (χ2n) is 5.92. The van der Waals surface area contributed by atoms with E-state index in [1.165, 1.54) is 0 Å². The summed E-state index contributed by atoms with van der Waals surface area (Å²) >= 11 is 0. The van der Waals surface area contributed by atoms with Gasteiger partial charge in [-0.05, 0) is 17.7 Å². The van der Waals surface area contributed by atoms with Gasteiger partial charge in [-0.3, -0.25) is 25.6 Å². The number of hydrogen-bond acceptors (Lipinski definition) is 4. The van der Waals surface area contributed by atoms with Gasteiger partial charge in [0.25, 0.3) is 17.7 Å². The number of carbonyl (C=O) groups is 3. The molecule has 1 saturated heterocycles. The lowest BCUT2D eigenvalue weighted by molar-refractivity contribution is -0.711. The Hall–Kier alpha value is -3.77. The number of hydrogen-bond donors (Lipinski definition) is 2. The highest BCUT2D eigenvalue weighted by atomic mass is 16.5. The average Bonchev–Trinajstić information content (AvgIpc) is 2.66. The van der Waals surface area contributed by atoms with Crippen molar-refractivity contribution in [3.05, 3.63) is 71.4 Å². The van der Waals surface area contributed by atoms with Crippen LogP contribution in [0.4, 0.5) is 0 Å².